The van der Waals surface area contributed by atoms with Gasteiger partial charge in [-0.3, -0.25) is 9.59 Å². The molecule has 1 heterocycles. The maximum absolute atomic E-state index is 13.0. The molecule has 1 unspecified atom stereocenters. The van der Waals surface area contributed by atoms with Gasteiger partial charge in [-0.25, -0.2) is 13.8 Å². The minimum atomic E-state index is -0.453. The molecule has 1 atom stereocenters. The van der Waals surface area contributed by atoms with Crippen LogP contribution in [0.15, 0.2) is 66.9 Å². The highest BCUT2D eigenvalue weighted by molar-refractivity contribution is 8.01. The Morgan fingerprint density at radius 2 is 1.69 bits per heavy atom. The number of rotatable bonds is 9. The highest BCUT2D eigenvalue weighted by Gasteiger charge is 2.15. The molecular weight excluding hydrogens is 436 g/mol. The van der Waals surface area contributed by atoms with E-state index < -0.39 is 5.25 Å². The van der Waals surface area contributed by atoms with Crippen LogP contribution in [-0.4, -0.2) is 27.8 Å². The fraction of sp³-hybridized carbons (Fsp3) is 0.174. The lowest BCUT2D eigenvalue weighted by molar-refractivity contribution is -0.120. The summed E-state index contributed by atoms with van der Waals surface area (Å²) < 4.78 is 31.5. The van der Waals surface area contributed by atoms with Crippen LogP contribution < -0.4 is 15.4 Å². The van der Waals surface area contributed by atoms with Gasteiger partial charge < -0.3 is 15.4 Å². The SMILES string of the molecule is CC(SCC(=O)Nc1ccc(F)cc1)C(=O)NCc1ccnc(Oc2ccc(F)cc2)c1. The third kappa shape index (κ3) is 7.35. The first-order valence-electron chi connectivity index (χ1n) is 9.72. The van der Waals surface area contributed by atoms with E-state index in [1.54, 1.807) is 25.3 Å². The van der Waals surface area contributed by atoms with Crippen LogP contribution in [0.5, 0.6) is 11.6 Å². The lowest BCUT2D eigenvalue weighted by Gasteiger charge is -2.13. The largest absolute Gasteiger partial charge is 0.439 e. The van der Waals surface area contributed by atoms with Gasteiger partial charge in [0.15, 0.2) is 0 Å². The second-order valence-corrected chi connectivity index (χ2v) is 8.11. The van der Waals surface area contributed by atoms with Gasteiger partial charge in [0.2, 0.25) is 17.7 Å². The van der Waals surface area contributed by atoms with Crippen molar-refractivity contribution in [3.05, 3.63) is 84.1 Å². The van der Waals surface area contributed by atoms with Crippen molar-refractivity contribution in [1.82, 2.24) is 10.3 Å². The summed E-state index contributed by atoms with van der Waals surface area (Å²) in [5, 5.41) is 5.01. The first kappa shape index (κ1) is 23.2. The Kier molecular flexibility index (Phi) is 8.15. The number of anilines is 1. The average molecular weight is 458 g/mol. The Labute approximate surface area is 188 Å². The molecule has 2 amide bonds. The summed E-state index contributed by atoms with van der Waals surface area (Å²) in [6.45, 7) is 1.97. The van der Waals surface area contributed by atoms with Crippen LogP contribution in [0.3, 0.4) is 0 Å². The van der Waals surface area contributed by atoms with E-state index in [2.05, 4.69) is 15.6 Å². The number of carbonyl (C=O) groups excluding carboxylic acids is 2. The molecule has 0 fully saturated rings. The van der Waals surface area contributed by atoms with Crippen LogP contribution in [0, 0.1) is 11.6 Å². The van der Waals surface area contributed by atoms with E-state index in [9.17, 15) is 18.4 Å². The highest BCUT2D eigenvalue weighted by atomic mass is 32.2. The molecule has 0 saturated heterocycles. The van der Waals surface area contributed by atoms with E-state index >= 15 is 0 Å². The van der Waals surface area contributed by atoms with Gasteiger partial charge in [-0.05, 0) is 67.1 Å². The molecule has 0 bridgehead atoms. The van der Waals surface area contributed by atoms with Gasteiger partial charge in [-0.2, -0.15) is 0 Å². The van der Waals surface area contributed by atoms with Gasteiger partial charge in [0, 0.05) is 24.5 Å². The van der Waals surface area contributed by atoms with Crippen LogP contribution in [0.1, 0.15) is 12.5 Å². The Hall–Kier alpha value is -3.46. The minimum absolute atomic E-state index is 0.0802. The monoisotopic (exact) mass is 457 g/mol. The van der Waals surface area contributed by atoms with E-state index in [1.165, 1.54) is 60.3 Å². The number of nitrogens with one attached hydrogen (secondary N) is 2. The zero-order valence-corrected chi connectivity index (χ0v) is 18.0. The van der Waals surface area contributed by atoms with Gasteiger partial charge in [0.1, 0.15) is 17.4 Å². The molecule has 32 heavy (non-hydrogen) atoms. The first-order chi connectivity index (χ1) is 15.4. The van der Waals surface area contributed by atoms with Crippen molar-refractivity contribution in [2.45, 2.75) is 18.7 Å². The van der Waals surface area contributed by atoms with Crippen molar-refractivity contribution < 1.29 is 23.1 Å². The van der Waals surface area contributed by atoms with E-state index in [0.29, 0.717) is 17.3 Å². The summed E-state index contributed by atoms with van der Waals surface area (Å²) >= 11 is 1.19. The molecule has 166 valence electrons. The van der Waals surface area contributed by atoms with E-state index in [-0.39, 0.29) is 35.7 Å². The number of carbonyl (C=O) groups is 2. The summed E-state index contributed by atoms with van der Waals surface area (Å²) in [5.41, 5.74) is 1.27. The van der Waals surface area contributed by atoms with Crippen molar-refractivity contribution in [3.8, 4) is 11.6 Å². The molecule has 0 aliphatic rings. The van der Waals surface area contributed by atoms with Gasteiger partial charge in [-0.15, -0.1) is 11.8 Å². The zero-order valence-electron chi connectivity index (χ0n) is 17.2. The molecule has 3 aromatic rings. The summed E-state index contributed by atoms with van der Waals surface area (Å²) in [5.74, 6) is -0.392. The number of hydrogen-bond donors (Lipinski definition) is 2. The van der Waals surface area contributed by atoms with Crippen LogP contribution in [0.2, 0.25) is 0 Å². The maximum Gasteiger partial charge on any atom is 0.234 e. The Morgan fingerprint density at radius 3 is 2.38 bits per heavy atom. The number of halogens is 2. The molecule has 0 spiro atoms. The van der Waals surface area contributed by atoms with Crippen LogP contribution >= 0.6 is 11.8 Å². The van der Waals surface area contributed by atoms with Crippen molar-refractivity contribution in [2.75, 3.05) is 11.1 Å². The maximum atomic E-state index is 13.0. The number of thioether (sulfide) groups is 1. The topological polar surface area (TPSA) is 80.3 Å². The van der Waals surface area contributed by atoms with Gasteiger partial charge in [-0.1, -0.05) is 0 Å². The van der Waals surface area contributed by atoms with E-state index in [4.69, 9.17) is 4.74 Å². The second-order valence-electron chi connectivity index (χ2n) is 6.78. The molecule has 0 saturated carbocycles. The minimum Gasteiger partial charge on any atom is -0.439 e. The smallest absolute Gasteiger partial charge is 0.234 e. The van der Waals surface area contributed by atoms with Crippen molar-refractivity contribution in [3.63, 3.8) is 0 Å². The van der Waals surface area contributed by atoms with Gasteiger partial charge in [0.25, 0.3) is 0 Å². The molecule has 0 radical (unpaired) electrons. The molecule has 6 nitrogen and oxygen atoms in total. The molecule has 2 aromatic carbocycles. The summed E-state index contributed by atoms with van der Waals surface area (Å²) in [6, 6.07) is 14.4. The normalized spacial score (nSPS) is 11.5. The number of hydrogen-bond acceptors (Lipinski definition) is 5. The van der Waals surface area contributed by atoms with Crippen LogP contribution in [-0.2, 0) is 16.1 Å². The number of ether oxygens (including phenoxy) is 1. The predicted octanol–water partition coefficient (Wildman–Crippen LogP) is 4.53. The standard InChI is InChI=1S/C23H21F2N3O3S/c1-15(32-14-21(29)28-19-6-2-17(24)3-7-19)23(30)27-13-16-10-11-26-22(12-16)31-20-8-4-18(25)5-9-20/h2-12,15H,13-14H2,1H3,(H,27,30)(H,28,29). The van der Waals surface area contributed by atoms with Gasteiger partial charge >= 0.3 is 0 Å². The van der Waals surface area contributed by atoms with Crippen molar-refractivity contribution >= 4 is 29.3 Å². The molecule has 3 rings (SSSR count). The predicted molar refractivity (Wildman–Crippen MR) is 120 cm³/mol. The Balaban J connectivity index is 1.43. The molecular formula is C23H21F2N3O3S. The number of nitrogens with zero attached hydrogens (tertiary/aromatic N) is 1. The Morgan fingerprint density at radius 1 is 1.03 bits per heavy atom. The zero-order chi connectivity index (χ0) is 22.9. The van der Waals surface area contributed by atoms with Crippen LogP contribution in [0.25, 0.3) is 0 Å². The molecule has 2 N–H and O–H groups in total. The van der Waals surface area contributed by atoms with E-state index in [0.717, 1.165) is 5.56 Å². The van der Waals surface area contributed by atoms with Crippen molar-refractivity contribution in [1.29, 1.82) is 0 Å². The quantitative estimate of drug-likeness (QED) is 0.494. The van der Waals surface area contributed by atoms with Crippen LogP contribution in [0.4, 0.5) is 14.5 Å². The van der Waals surface area contributed by atoms with Gasteiger partial charge in [0.05, 0.1) is 11.0 Å². The summed E-state index contributed by atoms with van der Waals surface area (Å²) in [6.07, 6.45) is 1.55. The fourth-order valence-electron chi connectivity index (χ4n) is 2.58. The fourth-order valence-corrected chi connectivity index (χ4v) is 3.29. The van der Waals surface area contributed by atoms with E-state index in [1.807, 2.05) is 0 Å². The average Bonchev–Trinajstić information content (AvgIpc) is 2.79. The number of amides is 2. The lowest BCUT2D eigenvalue weighted by atomic mass is 10.2. The number of pyridine rings is 1. The molecule has 0 aliphatic heterocycles. The van der Waals surface area contributed by atoms with Crippen molar-refractivity contribution in [2.24, 2.45) is 0 Å². The number of benzene rings is 2. The first-order valence-corrected chi connectivity index (χ1v) is 10.8. The third-order valence-corrected chi connectivity index (χ3v) is 5.41. The second kappa shape index (κ2) is 11.2. The third-order valence-electron chi connectivity index (χ3n) is 4.26. The number of aromatic nitrogens is 1. The Bertz CT molecular complexity index is 1060. The summed E-state index contributed by atoms with van der Waals surface area (Å²) in [4.78, 5) is 28.5. The molecule has 0 aliphatic carbocycles. The molecule has 1 aromatic heterocycles. The lowest BCUT2D eigenvalue weighted by Crippen LogP contribution is -2.31. The summed E-state index contributed by atoms with van der Waals surface area (Å²) in [7, 11) is 0. The highest BCUT2D eigenvalue weighted by Crippen LogP contribution is 2.20. The molecule has 9 heteroatoms.